The number of imidazole rings is 1. The van der Waals surface area contributed by atoms with Gasteiger partial charge in [0.15, 0.2) is 5.65 Å². The van der Waals surface area contributed by atoms with Crippen LogP contribution in [0.4, 0.5) is 8.78 Å². The normalized spacial score (nSPS) is 12.1. The summed E-state index contributed by atoms with van der Waals surface area (Å²) < 4.78 is 27.3. The van der Waals surface area contributed by atoms with Crippen LogP contribution in [0.15, 0.2) is 67.1 Å². The number of aromatic amines is 1. The molecule has 4 rings (SSSR count). The standard InChI is InChI=1S/C21H16F2N4O/c22-16-5-1-3-13(7-16)8-18(14-4-2-6-17(23)9-14)27-21(28)15-10-19-20(24-11-15)26-12-25-19/h1-7,9-12,18H,8H2,(H,27,28)(H,24,25,26). The average Bonchev–Trinajstić information content (AvgIpc) is 3.15. The lowest BCUT2D eigenvalue weighted by molar-refractivity contribution is 0.0936. The molecule has 7 heteroatoms. The molecule has 5 nitrogen and oxygen atoms in total. The Balaban J connectivity index is 1.63. The molecule has 0 radical (unpaired) electrons. The number of hydrogen-bond donors (Lipinski definition) is 2. The summed E-state index contributed by atoms with van der Waals surface area (Å²) in [5.41, 5.74) is 2.78. The first kappa shape index (κ1) is 17.8. The molecule has 1 atom stereocenters. The summed E-state index contributed by atoms with van der Waals surface area (Å²) in [7, 11) is 0. The SMILES string of the molecule is O=C(NC(Cc1cccc(F)c1)c1cccc(F)c1)c1cnc2nc[nH]c2c1. The van der Waals surface area contributed by atoms with E-state index in [1.165, 1.54) is 36.8 Å². The Labute approximate surface area is 159 Å². The molecule has 0 aliphatic rings. The predicted octanol–water partition coefficient (Wildman–Crippen LogP) is 3.95. The number of carbonyl (C=O) groups excluding carboxylic acids is 1. The van der Waals surface area contributed by atoms with Gasteiger partial charge in [-0.25, -0.2) is 18.7 Å². The summed E-state index contributed by atoms with van der Waals surface area (Å²) in [6, 6.07) is 13.2. The van der Waals surface area contributed by atoms with E-state index >= 15 is 0 Å². The van der Waals surface area contributed by atoms with Gasteiger partial charge in [-0.3, -0.25) is 4.79 Å². The number of benzene rings is 2. The van der Waals surface area contributed by atoms with E-state index in [-0.39, 0.29) is 11.7 Å². The number of pyridine rings is 1. The predicted molar refractivity (Wildman–Crippen MR) is 101 cm³/mol. The molecule has 0 spiro atoms. The van der Waals surface area contributed by atoms with Crippen molar-refractivity contribution < 1.29 is 13.6 Å². The van der Waals surface area contributed by atoms with E-state index in [2.05, 4.69) is 20.3 Å². The zero-order valence-corrected chi connectivity index (χ0v) is 14.7. The van der Waals surface area contributed by atoms with E-state index < -0.39 is 11.9 Å². The number of fused-ring (bicyclic) bond motifs is 1. The van der Waals surface area contributed by atoms with Crippen LogP contribution in [-0.2, 0) is 6.42 Å². The Morgan fingerprint density at radius 2 is 1.82 bits per heavy atom. The van der Waals surface area contributed by atoms with Gasteiger partial charge in [0.1, 0.15) is 11.6 Å². The Kier molecular flexibility index (Phi) is 4.80. The third-order valence-electron chi connectivity index (χ3n) is 4.42. The highest BCUT2D eigenvalue weighted by Gasteiger charge is 2.18. The van der Waals surface area contributed by atoms with Crippen molar-refractivity contribution in [3.63, 3.8) is 0 Å². The van der Waals surface area contributed by atoms with Crippen LogP contribution in [-0.4, -0.2) is 20.9 Å². The molecule has 0 saturated carbocycles. The van der Waals surface area contributed by atoms with Crippen molar-refractivity contribution in [1.82, 2.24) is 20.3 Å². The van der Waals surface area contributed by atoms with Crippen LogP contribution in [0.3, 0.4) is 0 Å². The smallest absolute Gasteiger partial charge is 0.253 e. The lowest BCUT2D eigenvalue weighted by Crippen LogP contribution is -2.30. The Morgan fingerprint density at radius 1 is 1.04 bits per heavy atom. The maximum absolute atomic E-state index is 13.7. The number of rotatable bonds is 5. The van der Waals surface area contributed by atoms with Crippen molar-refractivity contribution in [3.8, 4) is 0 Å². The van der Waals surface area contributed by atoms with E-state index in [0.717, 1.165) is 0 Å². The molecule has 1 amide bonds. The molecule has 1 unspecified atom stereocenters. The van der Waals surface area contributed by atoms with Crippen molar-refractivity contribution in [2.24, 2.45) is 0 Å². The Morgan fingerprint density at radius 3 is 2.61 bits per heavy atom. The molecule has 0 aliphatic carbocycles. The van der Waals surface area contributed by atoms with Gasteiger partial charge < -0.3 is 10.3 Å². The second-order valence-electron chi connectivity index (χ2n) is 6.41. The third kappa shape index (κ3) is 3.88. The van der Waals surface area contributed by atoms with Gasteiger partial charge in [0, 0.05) is 6.20 Å². The Hall–Kier alpha value is -3.61. The van der Waals surface area contributed by atoms with Crippen molar-refractivity contribution in [3.05, 3.63) is 95.4 Å². The number of H-pyrrole nitrogens is 1. The molecule has 140 valence electrons. The molecule has 2 N–H and O–H groups in total. The van der Waals surface area contributed by atoms with Crippen molar-refractivity contribution in [2.75, 3.05) is 0 Å². The second-order valence-corrected chi connectivity index (χ2v) is 6.41. The summed E-state index contributed by atoms with van der Waals surface area (Å²) >= 11 is 0. The maximum Gasteiger partial charge on any atom is 0.253 e. The van der Waals surface area contributed by atoms with E-state index in [1.54, 1.807) is 30.3 Å². The number of aromatic nitrogens is 3. The summed E-state index contributed by atoms with van der Waals surface area (Å²) in [6.07, 6.45) is 3.24. The topological polar surface area (TPSA) is 70.7 Å². The van der Waals surface area contributed by atoms with Crippen LogP contribution in [0, 0.1) is 11.6 Å². The van der Waals surface area contributed by atoms with Crippen LogP contribution in [0.2, 0.25) is 0 Å². The fraction of sp³-hybridized carbons (Fsp3) is 0.0952. The van der Waals surface area contributed by atoms with Gasteiger partial charge in [-0.05, 0) is 47.9 Å². The molecule has 0 saturated heterocycles. The molecular weight excluding hydrogens is 362 g/mol. The highest BCUT2D eigenvalue weighted by Crippen LogP contribution is 2.21. The van der Waals surface area contributed by atoms with E-state index in [9.17, 15) is 13.6 Å². The quantitative estimate of drug-likeness (QED) is 0.552. The zero-order chi connectivity index (χ0) is 19.5. The van der Waals surface area contributed by atoms with Crippen molar-refractivity contribution in [1.29, 1.82) is 0 Å². The monoisotopic (exact) mass is 378 g/mol. The van der Waals surface area contributed by atoms with Gasteiger partial charge in [0.25, 0.3) is 5.91 Å². The fourth-order valence-corrected chi connectivity index (χ4v) is 3.07. The van der Waals surface area contributed by atoms with E-state index in [4.69, 9.17) is 0 Å². The number of nitrogens with one attached hydrogen (secondary N) is 2. The van der Waals surface area contributed by atoms with Crippen LogP contribution < -0.4 is 5.32 Å². The fourth-order valence-electron chi connectivity index (χ4n) is 3.07. The third-order valence-corrected chi connectivity index (χ3v) is 4.42. The Bertz CT molecular complexity index is 1140. The van der Waals surface area contributed by atoms with E-state index in [0.29, 0.717) is 34.3 Å². The van der Waals surface area contributed by atoms with Crippen molar-refractivity contribution >= 4 is 17.1 Å². The maximum atomic E-state index is 13.7. The van der Waals surface area contributed by atoms with Crippen LogP contribution >= 0.6 is 0 Å². The molecule has 2 aromatic carbocycles. The average molecular weight is 378 g/mol. The molecule has 2 heterocycles. The van der Waals surface area contributed by atoms with Crippen LogP contribution in [0.5, 0.6) is 0 Å². The van der Waals surface area contributed by atoms with E-state index in [1.807, 2.05) is 0 Å². The first-order valence-electron chi connectivity index (χ1n) is 8.68. The zero-order valence-electron chi connectivity index (χ0n) is 14.7. The van der Waals surface area contributed by atoms with Crippen LogP contribution in [0.25, 0.3) is 11.2 Å². The minimum Gasteiger partial charge on any atom is -0.345 e. The summed E-state index contributed by atoms with van der Waals surface area (Å²) in [5, 5.41) is 2.90. The summed E-state index contributed by atoms with van der Waals surface area (Å²) in [5.74, 6) is -1.14. The molecule has 2 aromatic heterocycles. The van der Waals surface area contributed by atoms with Gasteiger partial charge in [-0.2, -0.15) is 0 Å². The lowest BCUT2D eigenvalue weighted by atomic mass is 9.98. The molecule has 4 aromatic rings. The molecule has 0 aliphatic heterocycles. The van der Waals surface area contributed by atoms with Gasteiger partial charge in [0.05, 0.1) is 23.4 Å². The first-order valence-corrected chi connectivity index (χ1v) is 8.68. The molecule has 0 bridgehead atoms. The number of carbonyl (C=O) groups is 1. The minimum absolute atomic E-state index is 0.312. The number of hydrogen-bond acceptors (Lipinski definition) is 3. The van der Waals surface area contributed by atoms with Crippen molar-refractivity contribution in [2.45, 2.75) is 12.5 Å². The first-order chi connectivity index (χ1) is 13.6. The molecule has 0 fully saturated rings. The molecule has 28 heavy (non-hydrogen) atoms. The highest BCUT2D eigenvalue weighted by molar-refractivity contribution is 5.96. The van der Waals surface area contributed by atoms with Gasteiger partial charge in [0.2, 0.25) is 0 Å². The summed E-state index contributed by atoms with van der Waals surface area (Å²) in [4.78, 5) is 23.9. The van der Waals surface area contributed by atoms with Gasteiger partial charge >= 0.3 is 0 Å². The van der Waals surface area contributed by atoms with Crippen LogP contribution in [0.1, 0.15) is 27.5 Å². The second kappa shape index (κ2) is 7.56. The van der Waals surface area contributed by atoms with Gasteiger partial charge in [-0.15, -0.1) is 0 Å². The summed E-state index contributed by atoms with van der Waals surface area (Å²) in [6.45, 7) is 0. The highest BCUT2D eigenvalue weighted by atomic mass is 19.1. The largest absolute Gasteiger partial charge is 0.345 e. The number of nitrogens with zero attached hydrogens (tertiary/aromatic N) is 2. The number of halogens is 2. The lowest BCUT2D eigenvalue weighted by Gasteiger charge is -2.20. The minimum atomic E-state index is -0.539. The molecular formula is C21H16F2N4O. The van der Waals surface area contributed by atoms with Gasteiger partial charge in [-0.1, -0.05) is 24.3 Å². The number of amides is 1.